The SMILES string of the molecule is CNCc1cc(C)ccc1Oc1ccc(F)c(Cl)c1. The molecule has 0 unspecified atom stereocenters. The molecule has 2 rings (SSSR count). The molecule has 0 aliphatic heterocycles. The van der Waals surface area contributed by atoms with Crippen LogP contribution in [0.25, 0.3) is 0 Å². The van der Waals surface area contributed by atoms with Gasteiger partial charge in [-0.25, -0.2) is 4.39 Å². The number of ether oxygens (including phenoxy) is 1. The van der Waals surface area contributed by atoms with Crippen molar-refractivity contribution in [3.05, 3.63) is 58.4 Å². The van der Waals surface area contributed by atoms with Gasteiger partial charge in [-0.1, -0.05) is 29.3 Å². The molecule has 0 aliphatic carbocycles. The topological polar surface area (TPSA) is 21.3 Å². The van der Waals surface area contributed by atoms with E-state index >= 15 is 0 Å². The highest BCUT2D eigenvalue weighted by atomic mass is 35.5. The van der Waals surface area contributed by atoms with Gasteiger partial charge in [0.25, 0.3) is 0 Å². The highest BCUT2D eigenvalue weighted by Gasteiger charge is 2.07. The molecule has 0 aliphatic rings. The molecular weight excluding hydrogens is 265 g/mol. The van der Waals surface area contributed by atoms with E-state index < -0.39 is 5.82 Å². The van der Waals surface area contributed by atoms with Gasteiger partial charge in [-0.2, -0.15) is 0 Å². The van der Waals surface area contributed by atoms with E-state index in [4.69, 9.17) is 16.3 Å². The molecular formula is C15H15ClFNO. The summed E-state index contributed by atoms with van der Waals surface area (Å²) in [6.07, 6.45) is 0. The Kier molecular flexibility index (Phi) is 4.40. The van der Waals surface area contributed by atoms with Crippen molar-refractivity contribution in [1.29, 1.82) is 0 Å². The summed E-state index contributed by atoms with van der Waals surface area (Å²) in [6.45, 7) is 2.73. The maximum atomic E-state index is 13.1. The average Bonchev–Trinajstić information content (AvgIpc) is 2.37. The van der Waals surface area contributed by atoms with Crippen molar-refractivity contribution in [1.82, 2.24) is 5.32 Å². The molecule has 0 atom stereocenters. The van der Waals surface area contributed by atoms with Crippen molar-refractivity contribution < 1.29 is 9.13 Å². The molecule has 0 saturated heterocycles. The minimum absolute atomic E-state index is 0.0554. The number of aryl methyl sites for hydroxylation is 1. The zero-order valence-electron chi connectivity index (χ0n) is 10.8. The number of hydrogen-bond acceptors (Lipinski definition) is 2. The summed E-state index contributed by atoms with van der Waals surface area (Å²) in [7, 11) is 1.88. The molecule has 0 aromatic heterocycles. The molecule has 0 amide bonds. The van der Waals surface area contributed by atoms with Crippen molar-refractivity contribution in [2.24, 2.45) is 0 Å². The lowest BCUT2D eigenvalue weighted by molar-refractivity contribution is 0.472. The van der Waals surface area contributed by atoms with Crippen LogP contribution in [0.2, 0.25) is 5.02 Å². The van der Waals surface area contributed by atoms with Crippen LogP contribution >= 0.6 is 11.6 Å². The molecule has 2 aromatic rings. The van der Waals surface area contributed by atoms with Gasteiger partial charge in [-0.3, -0.25) is 0 Å². The first-order valence-electron chi connectivity index (χ1n) is 5.97. The Morgan fingerprint density at radius 1 is 1.21 bits per heavy atom. The summed E-state index contributed by atoms with van der Waals surface area (Å²) in [5.74, 6) is 0.809. The predicted molar refractivity (Wildman–Crippen MR) is 75.4 cm³/mol. The molecule has 2 aromatic carbocycles. The Morgan fingerprint density at radius 2 is 2.00 bits per heavy atom. The summed E-state index contributed by atoms with van der Waals surface area (Å²) in [6, 6.07) is 10.3. The van der Waals surface area contributed by atoms with Gasteiger partial charge in [0.15, 0.2) is 0 Å². The third-order valence-electron chi connectivity index (χ3n) is 2.70. The fourth-order valence-corrected chi connectivity index (χ4v) is 1.97. The van der Waals surface area contributed by atoms with Crippen LogP contribution in [0.1, 0.15) is 11.1 Å². The maximum Gasteiger partial charge on any atom is 0.142 e. The monoisotopic (exact) mass is 279 g/mol. The van der Waals surface area contributed by atoms with Crippen LogP contribution in [0.4, 0.5) is 4.39 Å². The lowest BCUT2D eigenvalue weighted by Crippen LogP contribution is -2.06. The van der Waals surface area contributed by atoms with Crippen molar-refractivity contribution in [3.8, 4) is 11.5 Å². The van der Waals surface area contributed by atoms with Gasteiger partial charge in [0, 0.05) is 18.2 Å². The fraction of sp³-hybridized carbons (Fsp3) is 0.200. The Bertz CT molecular complexity index is 586. The van der Waals surface area contributed by atoms with Crippen LogP contribution in [-0.4, -0.2) is 7.05 Å². The van der Waals surface area contributed by atoms with E-state index in [1.54, 1.807) is 6.07 Å². The van der Waals surface area contributed by atoms with Crippen LogP contribution < -0.4 is 10.1 Å². The number of halogens is 2. The number of rotatable bonds is 4. The van der Waals surface area contributed by atoms with Gasteiger partial charge < -0.3 is 10.1 Å². The lowest BCUT2D eigenvalue weighted by atomic mass is 10.1. The van der Waals surface area contributed by atoms with Crippen molar-refractivity contribution in [2.45, 2.75) is 13.5 Å². The van der Waals surface area contributed by atoms with Gasteiger partial charge in [0.1, 0.15) is 17.3 Å². The number of benzene rings is 2. The summed E-state index contributed by atoms with van der Waals surface area (Å²) in [5, 5.41) is 3.15. The minimum Gasteiger partial charge on any atom is -0.457 e. The van der Waals surface area contributed by atoms with Crippen molar-refractivity contribution in [2.75, 3.05) is 7.05 Å². The van der Waals surface area contributed by atoms with E-state index in [1.165, 1.54) is 12.1 Å². The molecule has 1 N–H and O–H groups in total. The minimum atomic E-state index is -0.451. The van der Waals surface area contributed by atoms with Crippen molar-refractivity contribution >= 4 is 11.6 Å². The standard InChI is InChI=1S/C15H15ClFNO/c1-10-3-6-15(11(7-10)9-18-2)19-12-4-5-14(17)13(16)8-12/h3-8,18H,9H2,1-2H3. The van der Waals surface area contributed by atoms with Gasteiger partial charge >= 0.3 is 0 Å². The van der Waals surface area contributed by atoms with E-state index in [0.717, 1.165) is 16.9 Å². The van der Waals surface area contributed by atoms with Crippen LogP contribution in [0.5, 0.6) is 11.5 Å². The largest absolute Gasteiger partial charge is 0.457 e. The molecule has 0 bridgehead atoms. The summed E-state index contributed by atoms with van der Waals surface area (Å²) < 4.78 is 18.9. The van der Waals surface area contributed by atoms with Crippen LogP contribution in [0, 0.1) is 12.7 Å². The lowest BCUT2D eigenvalue weighted by Gasteiger charge is -2.12. The van der Waals surface area contributed by atoms with Gasteiger partial charge in [-0.05, 0) is 32.2 Å². The summed E-state index contributed by atoms with van der Waals surface area (Å²) in [5.41, 5.74) is 2.21. The van der Waals surface area contributed by atoms with E-state index in [0.29, 0.717) is 12.3 Å². The second kappa shape index (κ2) is 6.04. The summed E-state index contributed by atoms with van der Waals surface area (Å²) >= 11 is 5.74. The average molecular weight is 280 g/mol. The maximum absolute atomic E-state index is 13.1. The third-order valence-corrected chi connectivity index (χ3v) is 2.99. The van der Waals surface area contributed by atoms with Crippen LogP contribution in [0.3, 0.4) is 0 Å². The van der Waals surface area contributed by atoms with Crippen LogP contribution in [-0.2, 0) is 6.54 Å². The molecule has 0 fully saturated rings. The van der Waals surface area contributed by atoms with Crippen LogP contribution in [0.15, 0.2) is 36.4 Å². The number of nitrogens with one attached hydrogen (secondary N) is 1. The Hall–Kier alpha value is -1.58. The molecule has 0 saturated carbocycles. The smallest absolute Gasteiger partial charge is 0.142 e. The molecule has 0 radical (unpaired) electrons. The molecule has 100 valence electrons. The Balaban J connectivity index is 2.29. The normalized spacial score (nSPS) is 10.5. The van der Waals surface area contributed by atoms with E-state index in [9.17, 15) is 4.39 Å². The molecule has 4 heteroatoms. The second-order valence-electron chi connectivity index (χ2n) is 4.32. The van der Waals surface area contributed by atoms with E-state index in [2.05, 4.69) is 11.4 Å². The zero-order valence-corrected chi connectivity index (χ0v) is 11.6. The molecule has 19 heavy (non-hydrogen) atoms. The fourth-order valence-electron chi connectivity index (χ4n) is 1.80. The third kappa shape index (κ3) is 3.46. The summed E-state index contributed by atoms with van der Waals surface area (Å²) in [4.78, 5) is 0. The van der Waals surface area contributed by atoms with E-state index in [-0.39, 0.29) is 5.02 Å². The first-order chi connectivity index (χ1) is 9.10. The highest BCUT2D eigenvalue weighted by Crippen LogP contribution is 2.29. The first kappa shape index (κ1) is 13.8. The quantitative estimate of drug-likeness (QED) is 0.901. The molecule has 0 heterocycles. The second-order valence-corrected chi connectivity index (χ2v) is 4.73. The predicted octanol–water partition coefficient (Wildman–Crippen LogP) is 4.30. The van der Waals surface area contributed by atoms with E-state index in [1.807, 2.05) is 26.1 Å². The van der Waals surface area contributed by atoms with Gasteiger partial charge in [0.2, 0.25) is 0 Å². The highest BCUT2D eigenvalue weighted by molar-refractivity contribution is 6.30. The Labute approximate surface area is 117 Å². The van der Waals surface area contributed by atoms with Crippen molar-refractivity contribution in [3.63, 3.8) is 0 Å². The van der Waals surface area contributed by atoms with Gasteiger partial charge in [-0.15, -0.1) is 0 Å². The zero-order chi connectivity index (χ0) is 13.8. The number of hydrogen-bond donors (Lipinski definition) is 1. The Morgan fingerprint density at radius 3 is 2.68 bits per heavy atom. The molecule has 2 nitrogen and oxygen atoms in total. The van der Waals surface area contributed by atoms with Gasteiger partial charge in [0.05, 0.1) is 5.02 Å². The first-order valence-corrected chi connectivity index (χ1v) is 6.35. The molecule has 0 spiro atoms.